The minimum atomic E-state index is -1.14. The van der Waals surface area contributed by atoms with E-state index < -0.39 is 17.7 Å². The number of carboxylic acid groups (broad SMARTS) is 1. The Balaban J connectivity index is 2.46. The average molecular weight is 283 g/mol. The number of hydrogen-bond acceptors (Lipinski definition) is 3. The number of amides is 1. The van der Waals surface area contributed by atoms with Crippen molar-refractivity contribution >= 4 is 12.1 Å². The zero-order chi connectivity index (χ0) is 15.2. The predicted octanol–water partition coefficient (Wildman–Crippen LogP) is 3.45. The maximum atomic E-state index is 11.6. The lowest BCUT2D eigenvalue weighted by Crippen LogP contribution is -2.34. The summed E-state index contributed by atoms with van der Waals surface area (Å²) < 4.78 is 5.04. The van der Waals surface area contributed by atoms with Crippen molar-refractivity contribution in [1.29, 1.82) is 0 Å². The molecule has 1 saturated carbocycles. The fourth-order valence-corrected chi connectivity index (χ4v) is 2.37. The lowest BCUT2D eigenvalue weighted by molar-refractivity contribution is -0.133. The van der Waals surface area contributed by atoms with Crippen LogP contribution in [0.2, 0.25) is 0 Å². The van der Waals surface area contributed by atoms with Crippen molar-refractivity contribution in [2.45, 2.75) is 64.9 Å². The first-order valence-electron chi connectivity index (χ1n) is 7.21. The third kappa shape index (κ3) is 6.59. The molecule has 1 fully saturated rings. The lowest BCUT2D eigenvalue weighted by atomic mass is 10.0. The first-order chi connectivity index (χ1) is 9.28. The summed E-state index contributed by atoms with van der Waals surface area (Å²) in [5, 5.41) is 11.4. The monoisotopic (exact) mass is 283 g/mol. The van der Waals surface area contributed by atoms with Gasteiger partial charge >= 0.3 is 12.1 Å². The maximum absolute atomic E-state index is 11.6. The van der Waals surface area contributed by atoms with Crippen LogP contribution in [0.1, 0.15) is 59.3 Å². The van der Waals surface area contributed by atoms with Crippen molar-refractivity contribution in [3.05, 3.63) is 11.8 Å². The van der Waals surface area contributed by atoms with Gasteiger partial charge in [-0.15, -0.1) is 0 Å². The maximum Gasteiger partial charge on any atom is 0.412 e. The molecule has 0 aromatic carbocycles. The summed E-state index contributed by atoms with van der Waals surface area (Å²) in [7, 11) is 0. The van der Waals surface area contributed by atoms with Gasteiger partial charge in [0.2, 0.25) is 0 Å². The number of carbonyl (C=O) groups is 2. The van der Waals surface area contributed by atoms with E-state index in [-0.39, 0.29) is 5.70 Å². The van der Waals surface area contributed by atoms with Gasteiger partial charge in [-0.1, -0.05) is 31.8 Å². The number of aliphatic carboxylic acids is 1. The minimum absolute atomic E-state index is 0.0998. The minimum Gasteiger partial charge on any atom is -0.477 e. The molecular weight excluding hydrogens is 258 g/mol. The first-order valence-corrected chi connectivity index (χ1v) is 7.21. The predicted molar refractivity (Wildman–Crippen MR) is 76.3 cm³/mol. The molecule has 0 aliphatic heterocycles. The van der Waals surface area contributed by atoms with Crippen LogP contribution in [0.25, 0.3) is 0 Å². The van der Waals surface area contributed by atoms with Gasteiger partial charge < -0.3 is 9.84 Å². The highest BCUT2D eigenvalue weighted by atomic mass is 16.6. The number of alkyl carbamates (subject to hydrolysis) is 1. The highest BCUT2D eigenvalue weighted by Gasteiger charge is 2.19. The van der Waals surface area contributed by atoms with Gasteiger partial charge in [-0.05, 0) is 39.5 Å². The van der Waals surface area contributed by atoms with E-state index in [4.69, 9.17) is 9.84 Å². The first kappa shape index (κ1) is 16.5. The quantitative estimate of drug-likeness (QED) is 0.758. The molecule has 0 saturated heterocycles. The molecule has 114 valence electrons. The van der Waals surface area contributed by atoms with Crippen LogP contribution in [0.4, 0.5) is 4.79 Å². The van der Waals surface area contributed by atoms with Crippen LogP contribution >= 0.6 is 0 Å². The van der Waals surface area contributed by atoms with Crippen LogP contribution in [0.15, 0.2) is 11.8 Å². The van der Waals surface area contributed by atoms with Crippen molar-refractivity contribution < 1.29 is 19.4 Å². The summed E-state index contributed by atoms with van der Waals surface area (Å²) in [6, 6.07) is 0. The summed E-state index contributed by atoms with van der Waals surface area (Å²) >= 11 is 0. The van der Waals surface area contributed by atoms with Crippen molar-refractivity contribution in [2.75, 3.05) is 0 Å². The summed E-state index contributed by atoms with van der Waals surface area (Å²) in [6.45, 7) is 5.20. The summed E-state index contributed by atoms with van der Waals surface area (Å²) in [5.41, 5.74) is -0.741. The number of allylic oxidation sites excluding steroid dienone is 1. The molecule has 1 aliphatic rings. The molecule has 0 radical (unpaired) electrons. The second-order valence-electron chi connectivity index (χ2n) is 6.28. The Morgan fingerprint density at radius 2 is 1.90 bits per heavy atom. The van der Waals surface area contributed by atoms with Gasteiger partial charge in [-0.3, -0.25) is 5.32 Å². The molecule has 0 bridgehead atoms. The molecule has 5 heteroatoms. The molecule has 0 aromatic heterocycles. The normalized spacial score (nSPS) is 17.1. The van der Waals surface area contributed by atoms with E-state index in [2.05, 4.69) is 5.32 Å². The number of carbonyl (C=O) groups excluding carboxylic acids is 1. The highest BCUT2D eigenvalue weighted by molar-refractivity contribution is 5.90. The van der Waals surface area contributed by atoms with Crippen LogP contribution in [0.3, 0.4) is 0 Å². The van der Waals surface area contributed by atoms with Crippen molar-refractivity contribution in [2.24, 2.45) is 5.92 Å². The molecule has 1 rings (SSSR count). The molecule has 0 heterocycles. The van der Waals surface area contributed by atoms with E-state index in [9.17, 15) is 9.59 Å². The molecule has 1 aliphatic carbocycles. The van der Waals surface area contributed by atoms with Gasteiger partial charge in [0.25, 0.3) is 0 Å². The van der Waals surface area contributed by atoms with E-state index in [1.54, 1.807) is 26.8 Å². The summed E-state index contributed by atoms with van der Waals surface area (Å²) in [6.07, 6.45) is 7.50. The van der Waals surface area contributed by atoms with Crippen molar-refractivity contribution in [3.63, 3.8) is 0 Å². The van der Waals surface area contributed by atoms with Gasteiger partial charge in [0, 0.05) is 0 Å². The Morgan fingerprint density at radius 1 is 1.30 bits per heavy atom. The fraction of sp³-hybridized carbons (Fsp3) is 0.733. The number of nitrogens with one attached hydrogen (secondary N) is 1. The Labute approximate surface area is 120 Å². The van der Waals surface area contributed by atoms with Gasteiger partial charge in [0.15, 0.2) is 0 Å². The zero-order valence-corrected chi connectivity index (χ0v) is 12.6. The molecule has 1 amide bonds. The Bertz CT molecular complexity index is 376. The van der Waals surface area contributed by atoms with Gasteiger partial charge in [0.05, 0.1) is 0 Å². The molecule has 0 spiro atoms. The number of rotatable bonds is 5. The van der Waals surface area contributed by atoms with Crippen molar-refractivity contribution in [3.8, 4) is 0 Å². The molecule has 20 heavy (non-hydrogen) atoms. The third-order valence-electron chi connectivity index (χ3n) is 3.26. The smallest absolute Gasteiger partial charge is 0.412 e. The van der Waals surface area contributed by atoms with Gasteiger partial charge in [-0.2, -0.15) is 0 Å². The van der Waals surface area contributed by atoms with E-state index in [0.717, 1.165) is 6.42 Å². The SMILES string of the molecule is CC(C)(C)OC(=O)N/C(=C\CCC1CCCC1)C(=O)O. The Morgan fingerprint density at radius 3 is 2.40 bits per heavy atom. The molecule has 0 atom stereocenters. The third-order valence-corrected chi connectivity index (χ3v) is 3.26. The van der Waals surface area contributed by atoms with Gasteiger partial charge in [-0.25, -0.2) is 9.59 Å². The summed E-state index contributed by atoms with van der Waals surface area (Å²) in [5.74, 6) is -0.440. The largest absolute Gasteiger partial charge is 0.477 e. The van der Waals surface area contributed by atoms with Crippen LogP contribution in [0, 0.1) is 5.92 Å². The Hall–Kier alpha value is -1.52. The van der Waals surface area contributed by atoms with Crippen molar-refractivity contribution in [1.82, 2.24) is 5.32 Å². The summed E-state index contributed by atoms with van der Waals surface area (Å²) in [4.78, 5) is 22.6. The van der Waals surface area contributed by atoms with E-state index in [0.29, 0.717) is 12.3 Å². The molecule has 2 N–H and O–H groups in total. The van der Waals surface area contributed by atoms with Crippen LogP contribution < -0.4 is 5.32 Å². The van der Waals surface area contributed by atoms with Crippen LogP contribution in [-0.4, -0.2) is 22.8 Å². The standard InChI is InChI=1S/C15H25NO4/c1-15(2,3)20-14(19)16-12(13(17)18)10-6-9-11-7-4-5-8-11/h10-11H,4-9H2,1-3H3,(H,16,19)(H,17,18)/b12-10-. The molecule has 5 nitrogen and oxygen atoms in total. The zero-order valence-electron chi connectivity index (χ0n) is 12.6. The topological polar surface area (TPSA) is 75.6 Å². The average Bonchev–Trinajstić information content (AvgIpc) is 2.77. The lowest BCUT2D eigenvalue weighted by Gasteiger charge is -2.19. The molecule has 0 unspecified atom stereocenters. The number of hydrogen-bond donors (Lipinski definition) is 2. The van der Waals surface area contributed by atoms with Gasteiger partial charge in [0.1, 0.15) is 11.3 Å². The second kappa shape index (κ2) is 7.31. The molecular formula is C15H25NO4. The second-order valence-corrected chi connectivity index (χ2v) is 6.28. The fourth-order valence-electron chi connectivity index (χ4n) is 2.37. The van der Waals surface area contributed by atoms with E-state index in [1.165, 1.54) is 25.7 Å². The van der Waals surface area contributed by atoms with Crippen LogP contribution in [0.5, 0.6) is 0 Å². The number of carboxylic acids is 1. The molecule has 0 aromatic rings. The van der Waals surface area contributed by atoms with Crippen LogP contribution in [-0.2, 0) is 9.53 Å². The Kier molecular flexibility index (Phi) is 6.05. The highest BCUT2D eigenvalue weighted by Crippen LogP contribution is 2.28. The van der Waals surface area contributed by atoms with E-state index >= 15 is 0 Å². The number of ether oxygens (including phenoxy) is 1. The van der Waals surface area contributed by atoms with E-state index in [1.807, 2.05) is 0 Å².